The van der Waals surface area contributed by atoms with E-state index in [2.05, 4.69) is 47.0 Å². The average Bonchev–Trinajstić information content (AvgIpc) is 2.86. The summed E-state index contributed by atoms with van der Waals surface area (Å²) in [4.78, 5) is 17.8. The van der Waals surface area contributed by atoms with E-state index in [1.165, 1.54) is 11.1 Å². The van der Waals surface area contributed by atoms with E-state index in [0.717, 1.165) is 50.6 Å². The Labute approximate surface area is 213 Å². The van der Waals surface area contributed by atoms with Crippen molar-refractivity contribution in [2.75, 3.05) is 26.3 Å². The standard InChI is InChI=1S/C20H24N2O2.2C2HF3O2/c1-3-7-19-15(5-1)17(9-13-23-19)21-11-12-22-18-10-14-24-20-8-4-2-6-16(18)20;2*3-2(4,5)1(6)7/h1-8,17-18,21-22H,9-14H2;2*(H,6,7)/t17-,18-;;/m0../s1. The number of hydrogen-bond donors (Lipinski definition) is 4. The Balaban J connectivity index is 0.000000301. The number of alkyl halides is 6. The predicted octanol–water partition coefficient (Wildman–Crippen LogP) is 4.48. The molecular weight excluding hydrogens is 526 g/mol. The summed E-state index contributed by atoms with van der Waals surface area (Å²) in [7, 11) is 0. The summed E-state index contributed by atoms with van der Waals surface area (Å²) in [6, 6.07) is 17.4. The smallest absolute Gasteiger partial charge is 0.490 e. The Morgan fingerprint density at radius 2 is 1.03 bits per heavy atom. The molecule has 2 heterocycles. The highest BCUT2D eigenvalue weighted by molar-refractivity contribution is 5.73. The summed E-state index contributed by atoms with van der Waals surface area (Å²) < 4.78 is 74.9. The zero-order valence-corrected chi connectivity index (χ0v) is 19.8. The lowest BCUT2D eigenvalue weighted by Crippen LogP contribution is -2.35. The van der Waals surface area contributed by atoms with Gasteiger partial charge < -0.3 is 30.3 Å². The lowest BCUT2D eigenvalue weighted by Gasteiger charge is -2.28. The Bertz CT molecular complexity index is 980. The Morgan fingerprint density at radius 3 is 1.34 bits per heavy atom. The van der Waals surface area contributed by atoms with Gasteiger partial charge in [-0.15, -0.1) is 0 Å². The van der Waals surface area contributed by atoms with Gasteiger partial charge in [-0.05, 0) is 12.1 Å². The van der Waals surface area contributed by atoms with E-state index >= 15 is 0 Å². The van der Waals surface area contributed by atoms with E-state index in [4.69, 9.17) is 29.3 Å². The molecule has 4 N–H and O–H groups in total. The number of aliphatic carboxylic acids is 2. The minimum absolute atomic E-state index is 0.388. The van der Waals surface area contributed by atoms with Crippen LogP contribution in [0.25, 0.3) is 0 Å². The number of carboxylic acids is 2. The second kappa shape index (κ2) is 13.9. The fraction of sp³-hybridized carbons (Fsp3) is 0.417. The van der Waals surface area contributed by atoms with Gasteiger partial charge in [0.2, 0.25) is 0 Å². The molecule has 0 spiro atoms. The average molecular weight is 552 g/mol. The molecule has 4 rings (SSSR count). The molecule has 0 amide bonds. The predicted molar refractivity (Wildman–Crippen MR) is 122 cm³/mol. The Hall–Kier alpha value is -3.52. The molecule has 0 fully saturated rings. The molecule has 14 heteroatoms. The molecule has 2 aliphatic heterocycles. The van der Waals surface area contributed by atoms with Gasteiger partial charge in [-0.2, -0.15) is 26.3 Å². The number of fused-ring (bicyclic) bond motifs is 2. The SMILES string of the molecule is O=C(O)C(F)(F)F.O=C(O)C(F)(F)F.c1ccc2c(c1)OCC[C@@H]2NCCN[C@H]1CCOc2ccccc21. The fourth-order valence-corrected chi connectivity index (χ4v) is 3.60. The summed E-state index contributed by atoms with van der Waals surface area (Å²) in [5, 5.41) is 21.6. The molecule has 2 aliphatic rings. The summed E-state index contributed by atoms with van der Waals surface area (Å²) in [6.07, 6.45) is -8.12. The van der Waals surface area contributed by atoms with Crippen LogP contribution in [0.2, 0.25) is 0 Å². The van der Waals surface area contributed by atoms with Gasteiger partial charge in [-0.1, -0.05) is 36.4 Å². The highest BCUT2D eigenvalue weighted by Gasteiger charge is 2.38. The van der Waals surface area contributed by atoms with Crippen LogP contribution < -0.4 is 20.1 Å². The zero-order valence-electron chi connectivity index (χ0n) is 19.8. The van der Waals surface area contributed by atoms with Crippen LogP contribution in [0.5, 0.6) is 11.5 Å². The number of benzene rings is 2. The molecule has 2 atom stereocenters. The Kier molecular flexibility index (Phi) is 11.2. The molecule has 0 aromatic heterocycles. The van der Waals surface area contributed by atoms with Crippen molar-refractivity contribution >= 4 is 11.9 Å². The van der Waals surface area contributed by atoms with Crippen LogP contribution in [0.3, 0.4) is 0 Å². The van der Waals surface area contributed by atoms with Crippen LogP contribution >= 0.6 is 0 Å². The van der Waals surface area contributed by atoms with Crippen molar-refractivity contribution in [2.24, 2.45) is 0 Å². The molecule has 2 aromatic rings. The maximum Gasteiger partial charge on any atom is 0.490 e. The van der Waals surface area contributed by atoms with Crippen molar-refractivity contribution in [3.63, 3.8) is 0 Å². The van der Waals surface area contributed by atoms with Gasteiger partial charge in [0.25, 0.3) is 0 Å². The van der Waals surface area contributed by atoms with Crippen molar-refractivity contribution in [1.82, 2.24) is 10.6 Å². The molecule has 210 valence electrons. The fourth-order valence-electron chi connectivity index (χ4n) is 3.60. The number of para-hydroxylation sites is 2. The molecule has 0 saturated carbocycles. The Morgan fingerprint density at radius 1 is 0.711 bits per heavy atom. The number of hydrogen-bond acceptors (Lipinski definition) is 6. The number of rotatable bonds is 5. The topological polar surface area (TPSA) is 117 Å². The van der Waals surface area contributed by atoms with Crippen LogP contribution in [-0.4, -0.2) is 60.8 Å². The van der Waals surface area contributed by atoms with E-state index in [9.17, 15) is 26.3 Å². The van der Waals surface area contributed by atoms with Crippen LogP contribution in [0, 0.1) is 0 Å². The maximum absolute atomic E-state index is 10.6. The second-order valence-corrected chi connectivity index (χ2v) is 7.97. The highest BCUT2D eigenvalue weighted by Crippen LogP contribution is 2.32. The zero-order chi connectivity index (χ0) is 28.3. The summed E-state index contributed by atoms with van der Waals surface area (Å²) in [6.45, 7) is 3.46. The van der Waals surface area contributed by atoms with Gasteiger partial charge in [0, 0.05) is 49.1 Å². The molecule has 2 aromatic carbocycles. The molecule has 0 aliphatic carbocycles. The van der Waals surface area contributed by atoms with E-state index in [1.807, 2.05) is 12.1 Å². The van der Waals surface area contributed by atoms with Gasteiger partial charge in [-0.3, -0.25) is 0 Å². The quantitative estimate of drug-likeness (QED) is 0.317. The third-order valence-electron chi connectivity index (χ3n) is 5.31. The third-order valence-corrected chi connectivity index (χ3v) is 5.31. The molecule has 0 radical (unpaired) electrons. The van der Waals surface area contributed by atoms with Crippen molar-refractivity contribution < 1.29 is 55.6 Å². The van der Waals surface area contributed by atoms with Gasteiger partial charge in [0.15, 0.2) is 0 Å². The van der Waals surface area contributed by atoms with E-state index in [0.29, 0.717) is 12.1 Å². The number of halogens is 6. The highest BCUT2D eigenvalue weighted by atomic mass is 19.4. The lowest BCUT2D eigenvalue weighted by atomic mass is 10.00. The summed E-state index contributed by atoms with van der Waals surface area (Å²) in [5.74, 6) is -3.47. The largest absolute Gasteiger partial charge is 0.493 e. The number of carbonyl (C=O) groups is 2. The van der Waals surface area contributed by atoms with Gasteiger partial charge in [0.1, 0.15) is 11.5 Å². The molecule has 0 saturated heterocycles. The molecule has 8 nitrogen and oxygen atoms in total. The van der Waals surface area contributed by atoms with Crippen molar-refractivity contribution in [3.05, 3.63) is 59.7 Å². The van der Waals surface area contributed by atoms with E-state index in [1.54, 1.807) is 0 Å². The monoisotopic (exact) mass is 552 g/mol. The van der Waals surface area contributed by atoms with Crippen LogP contribution in [0.15, 0.2) is 48.5 Å². The van der Waals surface area contributed by atoms with Gasteiger partial charge in [-0.25, -0.2) is 9.59 Å². The van der Waals surface area contributed by atoms with E-state index < -0.39 is 24.3 Å². The molecule has 38 heavy (non-hydrogen) atoms. The molecule has 0 bridgehead atoms. The number of carboxylic acid groups (broad SMARTS) is 2. The summed E-state index contributed by atoms with van der Waals surface area (Å²) >= 11 is 0. The minimum Gasteiger partial charge on any atom is -0.493 e. The molecule has 0 unspecified atom stereocenters. The van der Waals surface area contributed by atoms with Crippen molar-refractivity contribution in [3.8, 4) is 11.5 Å². The second-order valence-electron chi connectivity index (χ2n) is 7.97. The normalized spacial score (nSPS) is 18.1. The maximum atomic E-state index is 10.6. The number of nitrogens with one attached hydrogen (secondary N) is 2. The van der Waals surface area contributed by atoms with Gasteiger partial charge >= 0.3 is 24.3 Å². The first-order valence-electron chi connectivity index (χ1n) is 11.3. The third kappa shape index (κ3) is 9.74. The van der Waals surface area contributed by atoms with Crippen LogP contribution in [0.1, 0.15) is 36.1 Å². The minimum atomic E-state index is -5.08. The summed E-state index contributed by atoms with van der Waals surface area (Å²) in [5.41, 5.74) is 2.56. The van der Waals surface area contributed by atoms with Crippen LogP contribution in [0.4, 0.5) is 26.3 Å². The number of ether oxygens (including phenoxy) is 2. The first kappa shape index (κ1) is 30.7. The van der Waals surface area contributed by atoms with E-state index in [-0.39, 0.29) is 0 Å². The van der Waals surface area contributed by atoms with Crippen molar-refractivity contribution in [1.29, 1.82) is 0 Å². The van der Waals surface area contributed by atoms with Gasteiger partial charge in [0.05, 0.1) is 13.2 Å². The lowest BCUT2D eigenvalue weighted by molar-refractivity contribution is -0.193. The van der Waals surface area contributed by atoms with Crippen LogP contribution in [-0.2, 0) is 9.59 Å². The molecular formula is C24H26F6N2O6. The van der Waals surface area contributed by atoms with Crippen molar-refractivity contribution in [2.45, 2.75) is 37.3 Å². The first-order valence-corrected chi connectivity index (χ1v) is 11.3. The first-order chi connectivity index (χ1) is 17.8.